The van der Waals surface area contributed by atoms with Gasteiger partial charge in [-0.3, -0.25) is 0 Å². The highest BCUT2D eigenvalue weighted by atomic mass is 19.1. The molecule has 0 amide bonds. The highest BCUT2D eigenvalue weighted by Crippen LogP contribution is 2.29. The monoisotopic (exact) mass is 295 g/mol. The maximum atomic E-state index is 13.9. The van der Waals surface area contributed by atoms with Crippen LogP contribution in [0.5, 0.6) is 0 Å². The van der Waals surface area contributed by atoms with Gasteiger partial charge in [0.2, 0.25) is 0 Å². The van der Waals surface area contributed by atoms with Crippen molar-refractivity contribution in [1.29, 1.82) is 0 Å². The van der Waals surface area contributed by atoms with Gasteiger partial charge in [0, 0.05) is 11.3 Å². The van der Waals surface area contributed by atoms with Crippen LogP contribution in [-0.4, -0.2) is 11.7 Å². The lowest BCUT2D eigenvalue weighted by molar-refractivity contribution is 0.220. The quantitative estimate of drug-likeness (QED) is 0.900. The summed E-state index contributed by atoms with van der Waals surface area (Å²) in [6.07, 6.45) is 0. The van der Waals surface area contributed by atoms with Gasteiger partial charge in [-0.25, -0.2) is 13.2 Å². The van der Waals surface area contributed by atoms with E-state index < -0.39 is 29.6 Å². The minimum atomic E-state index is -1.27. The Kier molecular flexibility index (Phi) is 4.23. The molecule has 0 fully saturated rings. The second-order valence-electron chi connectivity index (χ2n) is 5.26. The highest BCUT2D eigenvalue weighted by molar-refractivity contribution is 5.50. The van der Waals surface area contributed by atoms with Crippen molar-refractivity contribution in [2.45, 2.75) is 19.4 Å². The molecule has 1 unspecified atom stereocenters. The number of halogens is 3. The summed E-state index contributed by atoms with van der Waals surface area (Å²) in [5.41, 5.74) is -0.232. The molecular weight excluding hydrogens is 279 g/mol. The average molecular weight is 295 g/mol. The Bertz CT molecular complexity index is 640. The summed E-state index contributed by atoms with van der Waals surface area (Å²) in [7, 11) is 0. The molecule has 2 N–H and O–H groups in total. The van der Waals surface area contributed by atoms with Crippen LogP contribution < -0.4 is 5.32 Å². The van der Waals surface area contributed by atoms with E-state index in [1.165, 1.54) is 19.1 Å². The van der Waals surface area contributed by atoms with Crippen molar-refractivity contribution in [2.24, 2.45) is 0 Å². The van der Waals surface area contributed by atoms with Crippen LogP contribution in [0.25, 0.3) is 0 Å². The van der Waals surface area contributed by atoms with Crippen molar-refractivity contribution < 1.29 is 18.3 Å². The molecule has 0 saturated heterocycles. The molecular formula is C16H16F3NO. The van der Waals surface area contributed by atoms with Gasteiger partial charge >= 0.3 is 0 Å². The predicted molar refractivity (Wildman–Crippen MR) is 75.6 cm³/mol. The molecule has 0 bridgehead atoms. The van der Waals surface area contributed by atoms with E-state index in [0.29, 0.717) is 11.3 Å². The molecule has 2 aromatic rings. The average Bonchev–Trinajstić information content (AvgIpc) is 2.40. The first kappa shape index (κ1) is 15.4. The van der Waals surface area contributed by atoms with Gasteiger partial charge in [-0.15, -0.1) is 0 Å². The third kappa shape index (κ3) is 3.36. The Morgan fingerprint density at radius 1 is 1.05 bits per heavy atom. The second-order valence-corrected chi connectivity index (χ2v) is 5.26. The minimum Gasteiger partial charge on any atom is -0.394 e. The van der Waals surface area contributed by atoms with E-state index in [1.54, 1.807) is 13.0 Å². The maximum Gasteiger partial charge on any atom is 0.129 e. The van der Waals surface area contributed by atoms with Crippen LogP contribution in [0.1, 0.15) is 18.1 Å². The van der Waals surface area contributed by atoms with Crippen LogP contribution >= 0.6 is 0 Å². The Morgan fingerprint density at radius 2 is 1.76 bits per heavy atom. The summed E-state index contributed by atoms with van der Waals surface area (Å²) in [5, 5.41) is 12.5. The fourth-order valence-corrected chi connectivity index (χ4v) is 2.24. The zero-order valence-electron chi connectivity index (χ0n) is 11.8. The fraction of sp³-hybridized carbons (Fsp3) is 0.250. The van der Waals surface area contributed by atoms with Gasteiger partial charge in [0.05, 0.1) is 12.1 Å². The van der Waals surface area contributed by atoms with Crippen LogP contribution in [0.4, 0.5) is 18.9 Å². The van der Waals surface area contributed by atoms with Crippen LogP contribution in [-0.2, 0) is 5.54 Å². The fourth-order valence-electron chi connectivity index (χ4n) is 2.24. The predicted octanol–water partition coefficient (Wildman–Crippen LogP) is 3.73. The van der Waals surface area contributed by atoms with Crippen molar-refractivity contribution in [3.8, 4) is 0 Å². The lowest BCUT2D eigenvalue weighted by Crippen LogP contribution is -2.37. The van der Waals surface area contributed by atoms with E-state index in [-0.39, 0.29) is 5.56 Å². The van der Waals surface area contributed by atoms with Gasteiger partial charge in [0.25, 0.3) is 0 Å². The van der Waals surface area contributed by atoms with E-state index in [4.69, 9.17) is 0 Å². The van der Waals surface area contributed by atoms with Crippen LogP contribution in [0, 0.1) is 24.4 Å². The van der Waals surface area contributed by atoms with Gasteiger partial charge < -0.3 is 10.4 Å². The number of aryl methyl sites for hydroxylation is 1. The molecule has 2 nitrogen and oxygen atoms in total. The summed E-state index contributed by atoms with van der Waals surface area (Å²) >= 11 is 0. The molecule has 0 spiro atoms. The zero-order valence-corrected chi connectivity index (χ0v) is 11.8. The molecule has 112 valence electrons. The van der Waals surface area contributed by atoms with E-state index in [1.807, 2.05) is 0 Å². The molecule has 0 aliphatic heterocycles. The van der Waals surface area contributed by atoms with Crippen LogP contribution in [0.3, 0.4) is 0 Å². The van der Waals surface area contributed by atoms with Gasteiger partial charge in [0.1, 0.15) is 17.5 Å². The summed E-state index contributed by atoms with van der Waals surface area (Å²) in [5.74, 6) is -1.70. The SMILES string of the molecule is Cc1cc(F)cc(NC(C)(CO)c2cc(F)ccc2F)c1. The molecule has 1 atom stereocenters. The number of aliphatic hydroxyl groups excluding tert-OH is 1. The molecule has 0 radical (unpaired) electrons. The number of rotatable bonds is 4. The largest absolute Gasteiger partial charge is 0.394 e. The molecule has 0 aromatic heterocycles. The number of aliphatic hydroxyl groups is 1. The summed E-state index contributed by atoms with van der Waals surface area (Å²) in [6.45, 7) is 2.75. The van der Waals surface area contributed by atoms with E-state index >= 15 is 0 Å². The third-order valence-electron chi connectivity index (χ3n) is 3.30. The molecule has 2 aromatic carbocycles. The van der Waals surface area contributed by atoms with Gasteiger partial charge in [0.15, 0.2) is 0 Å². The number of hydrogen-bond acceptors (Lipinski definition) is 2. The maximum absolute atomic E-state index is 13.9. The molecule has 5 heteroatoms. The molecule has 0 aliphatic carbocycles. The van der Waals surface area contributed by atoms with Crippen LogP contribution in [0.15, 0.2) is 36.4 Å². The smallest absolute Gasteiger partial charge is 0.129 e. The lowest BCUT2D eigenvalue weighted by Gasteiger charge is -2.31. The van der Waals surface area contributed by atoms with E-state index in [9.17, 15) is 18.3 Å². The van der Waals surface area contributed by atoms with Crippen molar-refractivity contribution in [3.63, 3.8) is 0 Å². The van der Waals surface area contributed by atoms with Gasteiger partial charge in [-0.1, -0.05) is 0 Å². The zero-order chi connectivity index (χ0) is 15.6. The standard InChI is InChI=1S/C16H16F3NO/c1-10-5-12(18)7-13(6-10)20-16(2,9-21)14-8-11(17)3-4-15(14)19/h3-8,20-21H,9H2,1-2H3. The molecule has 21 heavy (non-hydrogen) atoms. The highest BCUT2D eigenvalue weighted by Gasteiger charge is 2.29. The van der Waals surface area contributed by atoms with Crippen molar-refractivity contribution in [2.75, 3.05) is 11.9 Å². The summed E-state index contributed by atoms with van der Waals surface area (Å²) in [4.78, 5) is 0. The van der Waals surface area contributed by atoms with Crippen molar-refractivity contribution >= 4 is 5.69 Å². The Hall–Kier alpha value is -2.01. The lowest BCUT2D eigenvalue weighted by atomic mass is 9.91. The molecule has 0 aliphatic rings. The molecule has 0 saturated carbocycles. The first-order chi connectivity index (χ1) is 9.84. The minimum absolute atomic E-state index is 0.0214. The number of benzene rings is 2. The Morgan fingerprint density at radius 3 is 2.38 bits per heavy atom. The summed E-state index contributed by atoms with van der Waals surface area (Å²) in [6, 6.07) is 7.27. The van der Waals surface area contributed by atoms with Crippen LogP contribution in [0.2, 0.25) is 0 Å². The van der Waals surface area contributed by atoms with E-state index in [0.717, 1.165) is 18.2 Å². The molecule has 0 heterocycles. The summed E-state index contributed by atoms with van der Waals surface area (Å²) < 4.78 is 40.7. The van der Waals surface area contributed by atoms with E-state index in [2.05, 4.69) is 5.32 Å². The Labute approximate surface area is 121 Å². The number of nitrogens with one attached hydrogen (secondary N) is 1. The first-order valence-electron chi connectivity index (χ1n) is 6.46. The van der Waals surface area contributed by atoms with Crippen molar-refractivity contribution in [1.82, 2.24) is 0 Å². The van der Waals surface area contributed by atoms with Gasteiger partial charge in [-0.2, -0.15) is 0 Å². The normalized spacial score (nSPS) is 13.8. The molecule has 2 rings (SSSR count). The number of hydrogen-bond donors (Lipinski definition) is 2. The first-order valence-corrected chi connectivity index (χ1v) is 6.46. The Balaban J connectivity index is 2.43. The van der Waals surface area contributed by atoms with Crippen molar-refractivity contribution in [3.05, 3.63) is 65.0 Å². The third-order valence-corrected chi connectivity index (χ3v) is 3.30. The van der Waals surface area contributed by atoms with Gasteiger partial charge in [-0.05, 0) is 55.8 Å². The second kappa shape index (κ2) is 5.77. The topological polar surface area (TPSA) is 32.3 Å². The number of anilines is 1.